The average molecular weight is 474 g/mol. The molecule has 1 saturated carbocycles. The van der Waals surface area contributed by atoms with Crippen LogP contribution in [0.2, 0.25) is 0 Å². The van der Waals surface area contributed by atoms with E-state index in [0.717, 1.165) is 12.8 Å². The van der Waals surface area contributed by atoms with Crippen molar-refractivity contribution in [2.75, 3.05) is 11.9 Å². The highest BCUT2D eigenvalue weighted by atomic mass is 79.9. The highest BCUT2D eigenvalue weighted by molar-refractivity contribution is 9.10. The number of anilines is 1. The molecule has 0 aliphatic heterocycles. The van der Waals surface area contributed by atoms with Crippen LogP contribution in [0.4, 0.5) is 5.69 Å². The van der Waals surface area contributed by atoms with Crippen LogP contribution < -0.4 is 20.9 Å². The maximum absolute atomic E-state index is 12.3. The molecule has 0 radical (unpaired) electrons. The molecule has 2 aromatic carbocycles. The van der Waals surface area contributed by atoms with E-state index in [1.165, 1.54) is 0 Å². The first-order valence-corrected chi connectivity index (χ1v) is 10.6. The second-order valence-electron chi connectivity index (χ2n) is 7.60. The Hall–Kier alpha value is -2.87. The number of carbonyl (C=O) groups is 3. The van der Waals surface area contributed by atoms with Crippen LogP contribution in [0, 0.1) is 11.8 Å². The molecule has 0 saturated heterocycles. The molecule has 1 fully saturated rings. The molecule has 0 atom stereocenters. The maximum atomic E-state index is 12.3. The Morgan fingerprint density at radius 3 is 2.17 bits per heavy atom. The van der Waals surface area contributed by atoms with Crippen LogP contribution in [0.5, 0.6) is 5.75 Å². The van der Waals surface area contributed by atoms with Gasteiger partial charge < -0.3 is 10.1 Å². The molecule has 30 heavy (non-hydrogen) atoms. The normalized spacial score (nSPS) is 12.9. The molecule has 2 aromatic rings. The summed E-state index contributed by atoms with van der Waals surface area (Å²) in [6, 6.07) is 11.4. The molecule has 3 rings (SSSR count). The number of rotatable bonds is 7. The van der Waals surface area contributed by atoms with Crippen molar-refractivity contribution in [1.82, 2.24) is 10.9 Å². The molecule has 158 valence electrons. The van der Waals surface area contributed by atoms with E-state index in [1.54, 1.807) is 42.5 Å². The summed E-state index contributed by atoms with van der Waals surface area (Å²) in [7, 11) is 0. The molecule has 0 aromatic heterocycles. The van der Waals surface area contributed by atoms with Crippen molar-refractivity contribution in [3.63, 3.8) is 0 Å². The number of carbonyl (C=O) groups excluding carboxylic acids is 3. The lowest BCUT2D eigenvalue weighted by atomic mass is 10.2. The van der Waals surface area contributed by atoms with Crippen molar-refractivity contribution < 1.29 is 19.1 Å². The van der Waals surface area contributed by atoms with Gasteiger partial charge in [-0.2, -0.15) is 0 Å². The second kappa shape index (κ2) is 9.75. The van der Waals surface area contributed by atoms with Crippen LogP contribution >= 0.6 is 15.9 Å². The van der Waals surface area contributed by atoms with E-state index in [2.05, 4.69) is 45.9 Å². The first-order valence-electron chi connectivity index (χ1n) is 9.77. The van der Waals surface area contributed by atoms with Gasteiger partial charge in [0.05, 0.1) is 11.1 Å². The van der Waals surface area contributed by atoms with Crippen LogP contribution in [0.3, 0.4) is 0 Å². The fourth-order valence-corrected chi connectivity index (χ4v) is 3.06. The van der Waals surface area contributed by atoms with Gasteiger partial charge >= 0.3 is 0 Å². The summed E-state index contributed by atoms with van der Waals surface area (Å²) in [5.74, 6) is 0.245. The maximum Gasteiger partial charge on any atom is 0.269 e. The third kappa shape index (κ3) is 6.06. The van der Waals surface area contributed by atoms with Crippen LogP contribution in [-0.2, 0) is 4.79 Å². The largest absolute Gasteiger partial charge is 0.492 e. The van der Waals surface area contributed by atoms with E-state index in [9.17, 15) is 14.4 Å². The molecule has 1 aliphatic carbocycles. The summed E-state index contributed by atoms with van der Waals surface area (Å²) in [5, 5.41) is 2.81. The zero-order chi connectivity index (χ0) is 21.7. The van der Waals surface area contributed by atoms with Gasteiger partial charge in [0.2, 0.25) is 5.91 Å². The van der Waals surface area contributed by atoms with Gasteiger partial charge in [-0.25, -0.2) is 0 Å². The molecular weight excluding hydrogens is 450 g/mol. The zero-order valence-electron chi connectivity index (χ0n) is 16.8. The average Bonchev–Trinajstić information content (AvgIpc) is 3.56. The summed E-state index contributed by atoms with van der Waals surface area (Å²) in [6.07, 6.45) is 1.85. The number of hydrogen-bond acceptors (Lipinski definition) is 4. The van der Waals surface area contributed by atoms with E-state index < -0.39 is 11.8 Å². The van der Waals surface area contributed by atoms with Crippen molar-refractivity contribution >= 4 is 39.3 Å². The summed E-state index contributed by atoms with van der Waals surface area (Å²) < 4.78 is 6.32. The second-order valence-corrected chi connectivity index (χ2v) is 8.45. The Morgan fingerprint density at radius 1 is 1.00 bits per heavy atom. The molecule has 0 heterocycles. The lowest BCUT2D eigenvalue weighted by Gasteiger charge is -2.12. The number of nitrogens with one attached hydrogen (secondary N) is 3. The molecule has 3 N–H and O–H groups in total. The number of benzene rings is 2. The van der Waals surface area contributed by atoms with E-state index in [1.807, 2.05) is 0 Å². The van der Waals surface area contributed by atoms with Crippen LogP contribution in [0.1, 0.15) is 47.4 Å². The van der Waals surface area contributed by atoms with E-state index >= 15 is 0 Å². The summed E-state index contributed by atoms with van der Waals surface area (Å²) in [4.78, 5) is 36.3. The third-order valence-electron chi connectivity index (χ3n) is 4.42. The predicted molar refractivity (Wildman–Crippen MR) is 117 cm³/mol. The SMILES string of the molecule is CC(C)COc1ccc(C(=O)NNC(=O)c2ccc(NC(=O)C3CC3)cc2)cc1Br. The van der Waals surface area contributed by atoms with E-state index in [4.69, 9.17) is 4.74 Å². The van der Waals surface area contributed by atoms with Gasteiger partial charge in [-0.3, -0.25) is 25.2 Å². The molecule has 1 aliphatic rings. The number of amides is 3. The van der Waals surface area contributed by atoms with Crippen molar-refractivity contribution in [2.45, 2.75) is 26.7 Å². The molecule has 7 nitrogen and oxygen atoms in total. The molecule has 8 heteroatoms. The minimum Gasteiger partial charge on any atom is -0.492 e. The topological polar surface area (TPSA) is 96.5 Å². The van der Waals surface area contributed by atoms with Crippen molar-refractivity contribution in [3.8, 4) is 5.75 Å². The highest BCUT2D eigenvalue weighted by Crippen LogP contribution is 2.30. The Morgan fingerprint density at radius 2 is 1.60 bits per heavy atom. The van der Waals surface area contributed by atoms with Crippen molar-refractivity contribution in [1.29, 1.82) is 0 Å². The lowest BCUT2D eigenvalue weighted by Crippen LogP contribution is -2.41. The van der Waals surface area contributed by atoms with Gasteiger partial charge in [0.15, 0.2) is 0 Å². The number of halogens is 1. The fraction of sp³-hybridized carbons (Fsp3) is 0.318. The van der Waals surface area contributed by atoms with Gasteiger partial charge in [0.1, 0.15) is 5.75 Å². The standard InChI is InChI=1S/C22H24BrN3O4/c1-13(2)12-30-19-10-7-16(11-18(19)23)22(29)26-25-21(28)15-5-8-17(9-6-15)24-20(27)14-3-4-14/h5-11,13-14H,3-4,12H2,1-2H3,(H,24,27)(H,25,28)(H,26,29). The van der Waals surface area contributed by atoms with Gasteiger partial charge in [-0.1, -0.05) is 13.8 Å². The van der Waals surface area contributed by atoms with Crippen LogP contribution in [0.25, 0.3) is 0 Å². The predicted octanol–water partition coefficient (Wildman–Crippen LogP) is 3.91. The zero-order valence-corrected chi connectivity index (χ0v) is 18.4. The molecule has 0 unspecified atom stereocenters. The molecule has 3 amide bonds. The quantitative estimate of drug-likeness (QED) is 0.531. The van der Waals surface area contributed by atoms with Crippen molar-refractivity contribution in [2.24, 2.45) is 11.8 Å². The Labute approximate surface area is 183 Å². The van der Waals surface area contributed by atoms with E-state index in [0.29, 0.717) is 39.6 Å². The smallest absolute Gasteiger partial charge is 0.269 e. The van der Waals surface area contributed by atoms with Crippen LogP contribution in [-0.4, -0.2) is 24.3 Å². The number of hydrogen-bond donors (Lipinski definition) is 3. The monoisotopic (exact) mass is 473 g/mol. The lowest BCUT2D eigenvalue weighted by molar-refractivity contribution is -0.117. The summed E-state index contributed by atoms with van der Waals surface area (Å²) >= 11 is 3.40. The Kier molecular flexibility index (Phi) is 7.10. The summed E-state index contributed by atoms with van der Waals surface area (Å²) in [6.45, 7) is 4.68. The minimum absolute atomic E-state index is 0.00579. The Balaban J connectivity index is 1.51. The minimum atomic E-state index is -0.459. The first-order chi connectivity index (χ1) is 14.3. The van der Waals surface area contributed by atoms with Gasteiger partial charge in [0.25, 0.3) is 11.8 Å². The number of ether oxygens (including phenoxy) is 1. The summed E-state index contributed by atoms with van der Waals surface area (Å²) in [5.41, 5.74) is 6.15. The van der Waals surface area contributed by atoms with Crippen molar-refractivity contribution in [3.05, 3.63) is 58.1 Å². The molecule has 0 spiro atoms. The van der Waals surface area contributed by atoms with Gasteiger partial charge in [0, 0.05) is 22.7 Å². The third-order valence-corrected chi connectivity index (χ3v) is 5.04. The van der Waals surface area contributed by atoms with E-state index in [-0.39, 0.29) is 11.8 Å². The first kappa shape index (κ1) is 21.8. The molecule has 0 bridgehead atoms. The van der Waals surface area contributed by atoms with Gasteiger partial charge in [-0.05, 0) is 77.2 Å². The van der Waals surface area contributed by atoms with Crippen LogP contribution in [0.15, 0.2) is 46.9 Å². The number of hydrazine groups is 1. The molecular formula is C22H24BrN3O4. The highest BCUT2D eigenvalue weighted by Gasteiger charge is 2.29. The fourth-order valence-electron chi connectivity index (χ4n) is 2.57. The van der Waals surface area contributed by atoms with Gasteiger partial charge in [-0.15, -0.1) is 0 Å². The Bertz CT molecular complexity index is 940.